The second kappa shape index (κ2) is 5.67. The first-order valence-corrected chi connectivity index (χ1v) is 6.85. The molecule has 0 amide bonds. The van der Waals surface area contributed by atoms with Crippen molar-refractivity contribution in [3.05, 3.63) is 33.8 Å². The fourth-order valence-corrected chi connectivity index (χ4v) is 2.95. The van der Waals surface area contributed by atoms with Crippen molar-refractivity contribution >= 4 is 21.9 Å². The highest BCUT2D eigenvalue weighted by Crippen LogP contribution is 2.37. The Hall–Kier alpha value is -0.830. The maximum Gasteiger partial charge on any atom is 0.309 e. The van der Waals surface area contributed by atoms with Gasteiger partial charge in [-0.15, -0.1) is 0 Å². The van der Waals surface area contributed by atoms with Crippen LogP contribution in [0.25, 0.3) is 0 Å². The van der Waals surface area contributed by atoms with E-state index in [0.29, 0.717) is 12.3 Å². The number of carbonyl (C=O) groups excluding carboxylic acids is 1. The van der Waals surface area contributed by atoms with Crippen molar-refractivity contribution in [1.82, 2.24) is 0 Å². The highest BCUT2D eigenvalue weighted by molar-refractivity contribution is 9.10. The minimum absolute atomic E-state index is 0.161. The summed E-state index contributed by atoms with van der Waals surface area (Å²) < 4.78 is 5.84. The van der Waals surface area contributed by atoms with Crippen molar-refractivity contribution < 1.29 is 9.53 Å². The lowest BCUT2D eigenvalue weighted by Crippen LogP contribution is -2.08. The molecule has 0 N–H and O–H groups in total. The Kier molecular flexibility index (Phi) is 4.21. The third-order valence-electron chi connectivity index (χ3n) is 3.47. The normalized spacial score (nSPS) is 16.1. The second-order valence-electron chi connectivity index (χ2n) is 4.58. The fraction of sp³-hybridized carbons (Fsp3) is 0.500. The van der Waals surface area contributed by atoms with Crippen LogP contribution in [0.15, 0.2) is 22.7 Å². The van der Waals surface area contributed by atoms with Crippen LogP contribution in [0.2, 0.25) is 0 Å². The van der Waals surface area contributed by atoms with Crippen molar-refractivity contribution in [2.45, 2.75) is 38.0 Å². The van der Waals surface area contributed by atoms with Crippen molar-refractivity contribution in [2.75, 3.05) is 7.11 Å². The molecule has 1 aliphatic carbocycles. The quantitative estimate of drug-likeness (QED) is 0.793. The Morgan fingerprint density at radius 3 is 2.76 bits per heavy atom. The molecule has 0 heterocycles. The predicted molar refractivity (Wildman–Crippen MR) is 71.1 cm³/mol. The summed E-state index contributed by atoms with van der Waals surface area (Å²) in [4.78, 5) is 11.4. The summed E-state index contributed by atoms with van der Waals surface area (Å²) in [5.41, 5.74) is 2.44. The molecule has 1 fully saturated rings. The van der Waals surface area contributed by atoms with Gasteiger partial charge in [-0.3, -0.25) is 4.79 Å². The molecule has 3 heteroatoms. The molecule has 0 atom stereocenters. The first-order valence-electron chi connectivity index (χ1n) is 6.06. The highest BCUT2D eigenvalue weighted by atomic mass is 79.9. The van der Waals surface area contributed by atoms with Crippen LogP contribution in [-0.4, -0.2) is 13.1 Å². The predicted octanol–water partition coefficient (Wildman–Crippen LogP) is 3.82. The van der Waals surface area contributed by atoms with Gasteiger partial charge >= 0.3 is 5.97 Å². The average Bonchev–Trinajstić information content (AvgIpc) is 2.84. The molecule has 1 aromatic carbocycles. The van der Waals surface area contributed by atoms with Crippen LogP contribution in [0.5, 0.6) is 0 Å². The fourth-order valence-electron chi connectivity index (χ4n) is 2.57. The van der Waals surface area contributed by atoms with E-state index < -0.39 is 0 Å². The van der Waals surface area contributed by atoms with Gasteiger partial charge in [0.2, 0.25) is 0 Å². The molecule has 1 aromatic rings. The van der Waals surface area contributed by atoms with Crippen molar-refractivity contribution in [1.29, 1.82) is 0 Å². The zero-order chi connectivity index (χ0) is 12.3. The summed E-state index contributed by atoms with van der Waals surface area (Å²) in [5.74, 6) is 0.457. The zero-order valence-corrected chi connectivity index (χ0v) is 11.6. The van der Waals surface area contributed by atoms with Crippen LogP contribution in [0.3, 0.4) is 0 Å². The van der Waals surface area contributed by atoms with E-state index in [-0.39, 0.29) is 5.97 Å². The number of benzene rings is 1. The summed E-state index contributed by atoms with van der Waals surface area (Å²) in [6.45, 7) is 0. The Bertz CT molecular complexity index is 409. The average molecular weight is 297 g/mol. The second-order valence-corrected chi connectivity index (χ2v) is 5.49. The number of halogens is 1. The van der Waals surface area contributed by atoms with Gasteiger partial charge in [0.25, 0.3) is 0 Å². The Balaban J connectivity index is 2.26. The summed E-state index contributed by atoms with van der Waals surface area (Å²) in [5, 5.41) is 0. The van der Waals surface area contributed by atoms with E-state index >= 15 is 0 Å². The molecule has 92 valence electrons. The molecular formula is C14H17BrO2. The number of hydrogen-bond acceptors (Lipinski definition) is 2. The molecular weight excluding hydrogens is 280 g/mol. The van der Waals surface area contributed by atoms with Gasteiger partial charge in [-0.1, -0.05) is 34.8 Å². The molecule has 17 heavy (non-hydrogen) atoms. The Morgan fingerprint density at radius 1 is 1.41 bits per heavy atom. The maximum absolute atomic E-state index is 11.4. The van der Waals surface area contributed by atoms with Crippen LogP contribution in [-0.2, 0) is 16.0 Å². The number of rotatable bonds is 3. The third-order valence-corrected chi connectivity index (χ3v) is 3.96. The largest absolute Gasteiger partial charge is 0.469 e. The van der Waals surface area contributed by atoms with E-state index in [1.807, 2.05) is 12.1 Å². The lowest BCUT2D eigenvalue weighted by atomic mass is 9.91. The van der Waals surface area contributed by atoms with Crippen LogP contribution >= 0.6 is 15.9 Å². The maximum atomic E-state index is 11.4. The third kappa shape index (κ3) is 3.09. The summed E-state index contributed by atoms with van der Waals surface area (Å²) in [6, 6.07) is 6.19. The van der Waals surface area contributed by atoms with Crippen LogP contribution in [0.1, 0.15) is 42.7 Å². The number of hydrogen-bond donors (Lipinski definition) is 0. The molecule has 1 saturated carbocycles. The van der Waals surface area contributed by atoms with Crippen molar-refractivity contribution in [3.8, 4) is 0 Å². The van der Waals surface area contributed by atoms with Crippen molar-refractivity contribution in [2.24, 2.45) is 0 Å². The van der Waals surface area contributed by atoms with E-state index in [1.165, 1.54) is 38.4 Å². The van der Waals surface area contributed by atoms with Gasteiger partial charge in [-0.2, -0.15) is 0 Å². The number of methoxy groups -OCH3 is 1. The number of ether oxygens (including phenoxy) is 1. The molecule has 1 aliphatic rings. The number of carbonyl (C=O) groups is 1. The van der Waals surface area contributed by atoms with Gasteiger partial charge in [-0.05, 0) is 42.0 Å². The monoisotopic (exact) mass is 296 g/mol. The van der Waals surface area contributed by atoms with Crippen LogP contribution < -0.4 is 0 Å². The SMILES string of the molecule is COC(=O)Cc1ccc(Br)cc1C1CCCC1. The lowest BCUT2D eigenvalue weighted by molar-refractivity contribution is -0.139. The van der Waals surface area contributed by atoms with Crippen molar-refractivity contribution in [3.63, 3.8) is 0 Å². The topological polar surface area (TPSA) is 26.3 Å². The van der Waals surface area contributed by atoms with Gasteiger partial charge in [0.15, 0.2) is 0 Å². The Morgan fingerprint density at radius 2 is 2.12 bits per heavy atom. The molecule has 0 unspecified atom stereocenters. The van der Waals surface area contributed by atoms with Gasteiger partial charge < -0.3 is 4.74 Å². The molecule has 0 aromatic heterocycles. The van der Waals surface area contributed by atoms with E-state index in [0.717, 1.165) is 10.0 Å². The zero-order valence-electron chi connectivity index (χ0n) is 10.0. The van der Waals surface area contributed by atoms with Crippen LogP contribution in [0, 0.1) is 0 Å². The molecule has 0 aliphatic heterocycles. The lowest BCUT2D eigenvalue weighted by Gasteiger charge is -2.15. The van der Waals surface area contributed by atoms with Gasteiger partial charge in [0.1, 0.15) is 0 Å². The number of esters is 1. The van der Waals surface area contributed by atoms with Gasteiger partial charge in [0.05, 0.1) is 13.5 Å². The van der Waals surface area contributed by atoms with E-state index in [4.69, 9.17) is 4.74 Å². The molecule has 0 spiro atoms. The Labute approximate surface area is 110 Å². The summed E-state index contributed by atoms with van der Waals surface area (Å²) in [7, 11) is 1.44. The summed E-state index contributed by atoms with van der Waals surface area (Å²) in [6.07, 6.45) is 5.47. The molecule has 2 nitrogen and oxygen atoms in total. The molecule has 0 saturated heterocycles. The minimum Gasteiger partial charge on any atom is -0.469 e. The first-order chi connectivity index (χ1) is 8.20. The van der Waals surface area contributed by atoms with E-state index in [9.17, 15) is 4.79 Å². The highest BCUT2D eigenvalue weighted by Gasteiger charge is 2.21. The molecule has 0 radical (unpaired) electrons. The minimum atomic E-state index is -0.161. The standard InChI is InChI=1S/C14H17BrO2/c1-17-14(16)8-11-6-7-12(15)9-13(11)10-4-2-3-5-10/h6-7,9-10H,2-5,8H2,1H3. The van der Waals surface area contributed by atoms with Crippen LogP contribution in [0.4, 0.5) is 0 Å². The smallest absolute Gasteiger partial charge is 0.309 e. The van der Waals surface area contributed by atoms with E-state index in [1.54, 1.807) is 0 Å². The first kappa shape index (κ1) is 12.6. The summed E-state index contributed by atoms with van der Waals surface area (Å²) >= 11 is 3.51. The van der Waals surface area contributed by atoms with Gasteiger partial charge in [-0.25, -0.2) is 0 Å². The van der Waals surface area contributed by atoms with Gasteiger partial charge in [0, 0.05) is 4.47 Å². The molecule has 2 rings (SSSR count). The molecule has 0 bridgehead atoms. The van der Waals surface area contributed by atoms with E-state index in [2.05, 4.69) is 22.0 Å².